The first-order valence-corrected chi connectivity index (χ1v) is 7.84. The van der Waals surface area contributed by atoms with Crippen molar-refractivity contribution < 1.29 is 4.79 Å². The summed E-state index contributed by atoms with van der Waals surface area (Å²) < 4.78 is 1.48. The molecule has 6 nitrogen and oxygen atoms in total. The number of aromatic nitrogens is 3. The van der Waals surface area contributed by atoms with Crippen LogP contribution in [-0.4, -0.2) is 27.0 Å². The molecule has 0 saturated heterocycles. The first kappa shape index (κ1) is 15.9. The molecule has 0 fully saturated rings. The number of carbonyl (C=O) groups is 1. The van der Waals surface area contributed by atoms with Gasteiger partial charge in [0, 0.05) is 31.9 Å². The Balaban J connectivity index is 1.53. The van der Waals surface area contributed by atoms with E-state index in [4.69, 9.17) is 0 Å². The van der Waals surface area contributed by atoms with Crippen molar-refractivity contribution in [1.29, 1.82) is 0 Å². The Bertz CT molecular complexity index is 890. The summed E-state index contributed by atoms with van der Waals surface area (Å²) in [6.07, 6.45) is 5.96. The van der Waals surface area contributed by atoms with Crippen molar-refractivity contribution in [2.75, 3.05) is 6.54 Å². The molecule has 1 amide bonds. The number of pyridine rings is 1. The van der Waals surface area contributed by atoms with E-state index in [1.165, 1.54) is 10.9 Å². The molecule has 3 rings (SSSR count). The number of rotatable bonds is 6. The van der Waals surface area contributed by atoms with Crippen LogP contribution in [0, 0.1) is 0 Å². The molecule has 0 unspecified atom stereocenters. The van der Waals surface area contributed by atoms with Crippen molar-refractivity contribution in [3.8, 4) is 0 Å². The number of nitrogens with zero attached hydrogens (tertiary/aromatic N) is 3. The molecule has 2 heterocycles. The molecule has 0 saturated carbocycles. The van der Waals surface area contributed by atoms with E-state index in [2.05, 4.69) is 15.3 Å². The highest BCUT2D eigenvalue weighted by atomic mass is 16.1. The molecule has 6 heteroatoms. The minimum Gasteiger partial charge on any atom is -0.356 e. The van der Waals surface area contributed by atoms with Crippen LogP contribution in [0.1, 0.15) is 12.0 Å². The summed E-state index contributed by atoms with van der Waals surface area (Å²) in [6, 6.07) is 11.0. The number of aryl methyl sites for hydroxylation is 1. The fourth-order valence-corrected chi connectivity index (χ4v) is 2.47. The van der Waals surface area contributed by atoms with Crippen molar-refractivity contribution in [3.05, 3.63) is 71.0 Å². The fourth-order valence-electron chi connectivity index (χ4n) is 2.47. The van der Waals surface area contributed by atoms with Crippen molar-refractivity contribution in [1.82, 2.24) is 19.9 Å². The summed E-state index contributed by atoms with van der Waals surface area (Å²) in [5.74, 6) is -0.0795. The van der Waals surface area contributed by atoms with Gasteiger partial charge in [0.15, 0.2) is 0 Å². The van der Waals surface area contributed by atoms with Crippen molar-refractivity contribution in [2.45, 2.75) is 19.4 Å². The van der Waals surface area contributed by atoms with Crippen LogP contribution in [0.15, 0.2) is 59.9 Å². The standard InChI is InChI=1S/C18H18N4O2/c23-17(20-11-7-14-5-9-19-10-6-14)8-12-22-13-21-16-4-2-1-3-15(16)18(22)24/h1-6,9-10,13H,7-8,11-12H2,(H,20,23). The molecule has 122 valence electrons. The molecule has 2 aromatic heterocycles. The average molecular weight is 322 g/mol. The van der Waals surface area contributed by atoms with Gasteiger partial charge in [0.1, 0.15) is 0 Å². The van der Waals surface area contributed by atoms with Crippen molar-refractivity contribution >= 4 is 16.8 Å². The van der Waals surface area contributed by atoms with Crippen LogP contribution in [-0.2, 0) is 17.8 Å². The Morgan fingerprint density at radius 3 is 2.75 bits per heavy atom. The predicted molar refractivity (Wildman–Crippen MR) is 91.6 cm³/mol. The third-order valence-corrected chi connectivity index (χ3v) is 3.80. The number of amides is 1. The van der Waals surface area contributed by atoms with E-state index in [9.17, 15) is 9.59 Å². The lowest BCUT2D eigenvalue weighted by Crippen LogP contribution is -2.29. The summed E-state index contributed by atoms with van der Waals surface area (Å²) in [6.45, 7) is 0.880. The molecule has 0 radical (unpaired) electrons. The minimum atomic E-state index is -0.120. The van der Waals surface area contributed by atoms with E-state index in [0.717, 1.165) is 12.0 Å². The van der Waals surface area contributed by atoms with Crippen molar-refractivity contribution in [2.24, 2.45) is 0 Å². The quantitative estimate of drug-likeness (QED) is 0.747. The Labute approximate surface area is 139 Å². The Morgan fingerprint density at radius 2 is 1.92 bits per heavy atom. The van der Waals surface area contributed by atoms with Crippen LogP contribution in [0.5, 0.6) is 0 Å². The third-order valence-electron chi connectivity index (χ3n) is 3.80. The van der Waals surface area contributed by atoms with Gasteiger partial charge < -0.3 is 5.32 Å². The number of benzene rings is 1. The lowest BCUT2D eigenvalue weighted by atomic mass is 10.2. The average Bonchev–Trinajstić information content (AvgIpc) is 2.62. The molecule has 24 heavy (non-hydrogen) atoms. The number of hydrogen-bond acceptors (Lipinski definition) is 4. The third kappa shape index (κ3) is 3.84. The minimum absolute atomic E-state index is 0.0795. The summed E-state index contributed by atoms with van der Waals surface area (Å²) >= 11 is 0. The molecule has 1 N–H and O–H groups in total. The van der Waals surface area contributed by atoms with E-state index in [-0.39, 0.29) is 17.9 Å². The maximum Gasteiger partial charge on any atom is 0.261 e. The molecular weight excluding hydrogens is 304 g/mol. The highest BCUT2D eigenvalue weighted by molar-refractivity contribution is 5.77. The number of para-hydroxylation sites is 1. The second-order valence-corrected chi connectivity index (χ2v) is 5.47. The summed E-state index contributed by atoms with van der Waals surface area (Å²) in [7, 11) is 0. The lowest BCUT2D eigenvalue weighted by Gasteiger charge is -2.08. The zero-order chi connectivity index (χ0) is 16.8. The maximum atomic E-state index is 12.3. The van der Waals surface area contributed by atoms with Crippen LogP contribution in [0.25, 0.3) is 10.9 Å². The smallest absolute Gasteiger partial charge is 0.261 e. The molecule has 0 atom stereocenters. The first-order valence-electron chi connectivity index (χ1n) is 7.84. The maximum absolute atomic E-state index is 12.3. The van der Waals surface area contributed by atoms with Gasteiger partial charge in [-0.05, 0) is 36.2 Å². The molecule has 1 aromatic carbocycles. The van der Waals surface area contributed by atoms with Crippen LogP contribution < -0.4 is 10.9 Å². The van der Waals surface area contributed by atoms with Gasteiger partial charge in [-0.15, -0.1) is 0 Å². The summed E-state index contributed by atoms with van der Waals surface area (Å²) in [5, 5.41) is 3.43. The Hall–Kier alpha value is -3.02. The molecule has 0 aliphatic rings. The Kier molecular flexibility index (Phi) is 4.96. The van der Waals surface area contributed by atoms with Crippen LogP contribution in [0.3, 0.4) is 0 Å². The van der Waals surface area contributed by atoms with Crippen LogP contribution >= 0.6 is 0 Å². The van der Waals surface area contributed by atoms with E-state index >= 15 is 0 Å². The van der Waals surface area contributed by atoms with Gasteiger partial charge in [-0.25, -0.2) is 4.98 Å². The normalized spacial score (nSPS) is 10.7. The first-order chi connectivity index (χ1) is 11.7. The zero-order valence-electron chi connectivity index (χ0n) is 13.2. The lowest BCUT2D eigenvalue weighted by molar-refractivity contribution is -0.121. The van der Waals surface area contributed by atoms with Gasteiger partial charge in [0.2, 0.25) is 5.91 Å². The molecule has 0 bridgehead atoms. The van der Waals surface area contributed by atoms with E-state index in [1.807, 2.05) is 24.3 Å². The number of carbonyl (C=O) groups excluding carboxylic acids is 1. The van der Waals surface area contributed by atoms with Crippen molar-refractivity contribution in [3.63, 3.8) is 0 Å². The van der Waals surface area contributed by atoms with Gasteiger partial charge in [0.25, 0.3) is 5.56 Å². The molecule has 3 aromatic rings. The highest BCUT2D eigenvalue weighted by Crippen LogP contribution is 2.04. The van der Waals surface area contributed by atoms with E-state index in [1.54, 1.807) is 24.5 Å². The molecule has 0 aliphatic carbocycles. The summed E-state index contributed by atoms with van der Waals surface area (Å²) in [5.41, 5.74) is 1.67. The fraction of sp³-hybridized carbons (Fsp3) is 0.222. The molecule has 0 spiro atoms. The van der Waals surface area contributed by atoms with Crippen LogP contribution in [0.2, 0.25) is 0 Å². The number of fused-ring (bicyclic) bond motifs is 1. The second kappa shape index (κ2) is 7.50. The SMILES string of the molecule is O=C(CCn1cnc2ccccc2c1=O)NCCc1ccncc1. The molecule has 0 aliphatic heterocycles. The van der Waals surface area contributed by atoms with Crippen LogP contribution in [0.4, 0.5) is 0 Å². The summed E-state index contributed by atoms with van der Waals surface area (Å²) in [4.78, 5) is 32.5. The monoisotopic (exact) mass is 322 g/mol. The van der Waals surface area contributed by atoms with E-state index in [0.29, 0.717) is 24.0 Å². The zero-order valence-corrected chi connectivity index (χ0v) is 13.2. The predicted octanol–water partition coefficient (Wildman–Crippen LogP) is 1.54. The van der Waals surface area contributed by atoms with Gasteiger partial charge in [-0.1, -0.05) is 12.1 Å². The van der Waals surface area contributed by atoms with Gasteiger partial charge in [-0.3, -0.25) is 19.1 Å². The molecular formula is C18H18N4O2. The second-order valence-electron chi connectivity index (χ2n) is 5.47. The topological polar surface area (TPSA) is 76.9 Å². The largest absolute Gasteiger partial charge is 0.356 e. The number of hydrogen-bond donors (Lipinski definition) is 1. The number of nitrogens with one attached hydrogen (secondary N) is 1. The Morgan fingerprint density at radius 1 is 1.12 bits per heavy atom. The van der Waals surface area contributed by atoms with Gasteiger partial charge in [0.05, 0.1) is 17.2 Å². The van der Waals surface area contributed by atoms with Gasteiger partial charge >= 0.3 is 0 Å². The highest BCUT2D eigenvalue weighted by Gasteiger charge is 2.06. The van der Waals surface area contributed by atoms with Gasteiger partial charge in [-0.2, -0.15) is 0 Å². The van der Waals surface area contributed by atoms with E-state index < -0.39 is 0 Å².